The lowest BCUT2D eigenvalue weighted by Gasteiger charge is -2.20. The Morgan fingerprint density at radius 1 is 1.33 bits per heavy atom. The molecule has 1 unspecified atom stereocenters. The molecular formula is C15H17N3O3. The number of para-hydroxylation sites is 1. The van der Waals surface area contributed by atoms with Crippen molar-refractivity contribution in [1.29, 1.82) is 0 Å². The van der Waals surface area contributed by atoms with Gasteiger partial charge in [-0.05, 0) is 19.2 Å². The molecule has 1 saturated heterocycles. The summed E-state index contributed by atoms with van der Waals surface area (Å²) in [6.07, 6.45) is 0. The number of likely N-dealkylation sites (N-methyl/N-ethyl adjacent to an activating group) is 2. The quantitative estimate of drug-likeness (QED) is 0.867. The standard InChI is InChI=1S/C15H17N3O3/c1-16-11(8-18-14(19)9-17(2)15(18)20)13-7-10-5-3-4-6-12(10)21-13/h3-7,11,16H,8-9H2,1-2H3. The van der Waals surface area contributed by atoms with Crippen LogP contribution in [0.25, 0.3) is 11.0 Å². The van der Waals surface area contributed by atoms with Crippen LogP contribution in [-0.2, 0) is 4.79 Å². The monoisotopic (exact) mass is 287 g/mol. The molecule has 1 fully saturated rings. The van der Waals surface area contributed by atoms with Gasteiger partial charge in [0.05, 0.1) is 12.6 Å². The van der Waals surface area contributed by atoms with Crippen LogP contribution in [0.3, 0.4) is 0 Å². The van der Waals surface area contributed by atoms with E-state index in [1.807, 2.05) is 30.3 Å². The molecule has 1 N–H and O–H groups in total. The van der Waals surface area contributed by atoms with Gasteiger partial charge in [-0.2, -0.15) is 0 Å². The maximum absolute atomic E-state index is 11.9. The maximum Gasteiger partial charge on any atom is 0.327 e. The summed E-state index contributed by atoms with van der Waals surface area (Å²) in [4.78, 5) is 26.5. The molecule has 1 aliphatic rings. The van der Waals surface area contributed by atoms with Gasteiger partial charge in [-0.15, -0.1) is 0 Å². The molecule has 1 aromatic carbocycles. The Labute approximate surface area is 122 Å². The molecule has 110 valence electrons. The zero-order valence-corrected chi connectivity index (χ0v) is 12.0. The fraction of sp³-hybridized carbons (Fsp3) is 0.333. The molecule has 0 saturated carbocycles. The number of benzene rings is 1. The Bertz CT molecular complexity index is 661. The average Bonchev–Trinajstić information content (AvgIpc) is 3.00. The molecule has 6 nitrogen and oxygen atoms in total. The van der Waals surface area contributed by atoms with E-state index in [0.717, 1.165) is 11.0 Å². The summed E-state index contributed by atoms with van der Waals surface area (Å²) in [5.41, 5.74) is 0.795. The highest BCUT2D eigenvalue weighted by Crippen LogP contribution is 2.25. The Morgan fingerprint density at radius 2 is 2.10 bits per heavy atom. The lowest BCUT2D eigenvalue weighted by atomic mass is 10.2. The van der Waals surface area contributed by atoms with Crippen LogP contribution < -0.4 is 5.32 Å². The minimum absolute atomic E-state index is 0.134. The predicted octanol–water partition coefficient (Wildman–Crippen LogP) is 1.59. The smallest absolute Gasteiger partial charge is 0.327 e. The van der Waals surface area contributed by atoms with Crippen LogP contribution >= 0.6 is 0 Å². The van der Waals surface area contributed by atoms with E-state index in [9.17, 15) is 9.59 Å². The highest BCUT2D eigenvalue weighted by atomic mass is 16.3. The SMILES string of the molecule is CNC(CN1C(=O)CN(C)C1=O)c1cc2ccccc2o1. The van der Waals surface area contributed by atoms with Crippen molar-refractivity contribution < 1.29 is 14.0 Å². The van der Waals surface area contributed by atoms with Crippen molar-refractivity contribution in [3.05, 3.63) is 36.1 Å². The Morgan fingerprint density at radius 3 is 2.71 bits per heavy atom. The first-order valence-electron chi connectivity index (χ1n) is 6.81. The fourth-order valence-corrected chi connectivity index (χ4v) is 2.53. The average molecular weight is 287 g/mol. The molecule has 0 aliphatic carbocycles. The molecule has 21 heavy (non-hydrogen) atoms. The van der Waals surface area contributed by atoms with Crippen LogP contribution in [0.5, 0.6) is 0 Å². The summed E-state index contributed by atoms with van der Waals surface area (Å²) < 4.78 is 5.80. The van der Waals surface area contributed by atoms with Gasteiger partial charge >= 0.3 is 6.03 Å². The molecule has 2 heterocycles. The number of nitrogens with zero attached hydrogens (tertiary/aromatic N) is 2. The van der Waals surface area contributed by atoms with E-state index < -0.39 is 0 Å². The molecular weight excluding hydrogens is 270 g/mol. The van der Waals surface area contributed by atoms with E-state index in [4.69, 9.17) is 4.42 Å². The van der Waals surface area contributed by atoms with Gasteiger partial charge in [0.2, 0.25) is 5.91 Å². The van der Waals surface area contributed by atoms with E-state index >= 15 is 0 Å². The van der Waals surface area contributed by atoms with E-state index in [1.54, 1.807) is 14.1 Å². The summed E-state index contributed by atoms with van der Waals surface area (Å²) in [6, 6.07) is 9.16. The van der Waals surface area contributed by atoms with Crippen molar-refractivity contribution in [3.8, 4) is 0 Å². The molecule has 3 amide bonds. The van der Waals surface area contributed by atoms with Gasteiger partial charge < -0.3 is 14.6 Å². The van der Waals surface area contributed by atoms with Gasteiger partial charge in [0.1, 0.15) is 17.9 Å². The van der Waals surface area contributed by atoms with Crippen molar-refractivity contribution in [2.75, 3.05) is 27.2 Å². The lowest BCUT2D eigenvalue weighted by Crippen LogP contribution is -2.38. The number of amides is 3. The molecule has 0 bridgehead atoms. The number of hydrogen-bond acceptors (Lipinski definition) is 4. The van der Waals surface area contributed by atoms with Gasteiger partial charge in [0.25, 0.3) is 0 Å². The molecule has 2 aromatic rings. The van der Waals surface area contributed by atoms with Crippen LogP contribution in [-0.4, -0.2) is 48.9 Å². The third-order valence-electron chi connectivity index (χ3n) is 3.73. The van der Waals surface area contributed by atoms with Gasteiger partial charge in [-0.1, -0.05) is 18.2 Å². The minimum atomic E-state index is -0.267. The number of carbonyl (C=O) groups is 2. The normalized spacial score (nSPS) is 17.0. The Kier molecular flexibility index (Phi) is 3.39. The number of rotatable bonds is 4. The molecule has 1 aliphatic heterocycles. The number of fused-ring (bicyclic) bond motifs is 1. The third-order valence-corrected chi connectivity index (χ3v) is 3.73. The van der Waals surface area contributed by atoms with Gasteiger partial charge in [0.15, 0.2) is 0 Å². The fourth-order valence-electron chi connectivity index (χ4n) is 2.53. The van der Waals surface area contributed by atoms with Crippen molar-refractivity contribution in [2.45, 2.75) is 6.04 Å². The number of furan rings is 1. The lowest BCUT2D eigenvalue weighted by molar-refractivity contribution is -0.125. The minimum Gasteiger partial charge on any atom is -0.459 e. The van der Waals surface area contributed by atoms with Crippen molar-refractivity contribution in [1.82, 2.24) is 15.1 Å². The largest absolute Gasteiger partial charge is 0.459 e. The highest BCUT2D eigenvalue weighted by Gasteiger charge is 2.35. The van der Waals surface area contributed by atoms with Crippen molar-refractivity contribution in [3.63, 3.8) is 0 Å². The first kappa shape index (κ1) is 13.6. The summed E-state index contributed by atoms with van der Waals surface area (Å²) in [6.45, 7) is 0.397. The first-order chi connectivity index (χ1) is 10.1. The molecule has 1 aromatic heterocycles. The van der Waals surface area contributed by atoms with E-state index in [1.165, 1.54) is 9.80 Å². The molecule has 0 spiro atoms. The number of imide groups is 1. The topological polar surface area (TPSA) is 65.8 Å². The van der Waals surface area contributed by atoms with E-state index in [2.05, 4.69) is 5.32 Å². The van der Waals surface area contributed by atoms with E-state index in [-0.39, 0.29) is 31.1 Å². The summed E-state index contributed by atoms with van der Waals surface area (Å²) in [7, 11) is 3.41. The van der Waals surface area contributed by atoms with Crippen LogP contribution in [0.15, 0.2) is 34.7 Å². The Balaban J connectivity index is 1.85. The van der Waals surface area contributed by atoms with Crippen molar-refractivity contribution in [2.24, 2.45) is 0 Å². The zero-order valence-electron chi connectivity index (χ0n) is 12.0. The van der Waals surface area contributed by atoms with Crippen LogP contribution in [0.2, 0.25) is 0 Å². The number of nitrogens with one attached hydrogen (secondary N) is 1. The maximum atomic E-state index is 11.9. The third kappa shape index (κ3) is 2.38. The molecule has 0 radical (unpaired) electrons. The van der Waals surface area contributed by atoms with Crippen molar-refractivity contribution >= 4 is 22.9 Å². The highest BCUT2D eigenvalue weighted by molar-refractivity contribution is 6.01. The van der Waals surface area contributed by atoms with Gasteiger partial charge in [0, 0.05) is 12.4 Å². The van der Waals surface area contributed by atoms with Crippen LogP contribution in [0.1, 0.15) is 11.8 Å². The summed E-state index contributed by atoms with van der Waals surface area (Å²) in [5.74, 6) is 0.535. The predicted molar refractivity (Wildman–Crippen MR) is 77.8 cm³/mol. The second kappa shape index (κ2) is 5.21. The number of urea groups is 1. The second-order valence-electron chi connectivity index (χ2n) is 5.17. The molecule has 3 rings (SSSR count). The van der Waals surface area contributed by atoms with Crippen LogP contribution in [0, 0.1) is 0 Å². The van der Waals surface area contributed by atoms with Gasteiger partial charge in [-0.3, -0.25) is 9.69 Å². The summed E-state index contributed by atoms with van der Waals surface area (Å²) in [5, 5.41) is 4.11. The van der Waals surface area contributed by atoms with Crippen LogP contribution in [0.4, 0.5) is 4.79 Å². The first-order valence-corrected chi connectivity index (χ1v) is 6.81. The Hall–Kier alpha value is -2.34. The second-order valence-corrected chi connectivity index (χ2v) is 5.17. The number of hydrogen-bond donors (Lipinski definition) is 1. The molecule has 6 heteroatoms. The number of carbonyl (C=O) groups excluding carboxylic acids is 2. The summed E-state index contributed by atoms with van der Waals surface area (Å²) >= 11 is 0. The zero-order chi connectivity index (χ0) is 15.0. The van der Waals surface area contributed by atoms with Gasteiger partial charge in [-0.25, -0.2) is 4.79 Å². The van der Waals surface area contributed by atoms with E-state index in [0.29, 0.717) is 5.76 Å². The molecule has 1 atom stereocenters.